The molecule has 0 aliphatic heterocycles. The zero-order valence-electron chi connectivity index (χ0n) is 12.1. The molecule has 5 nitrogen and oxygen atoms in total. The van der Waals surface area contributed by atoms with Crippen molar-refractivity contribution in [1.82, 2.24) is 4.98 Å². The van der Waals surface area contributed by atoms with Crippen LogP contribution in [0.25, 0.3) is 10.9 Å². The van der Waals surface area contributed by atoms with E-state index in [-0.39, 0.29) is 0 Å². The van der Waals surface area contributed by atoms with Gasteiger partial charge in [0.15, 0.2) is 0 Å². The summed E-state index contributed by atoms with van der Waals surface area (Å²) in [7, 11) is 0. The van der Waals surface area contributed by atoms with Crippen molar-refractivity contribution in [2.24, 2.45) is 5.92 Å². The molecule has 1 heterocycles. The molecule has 0 radical (unpaired) electrons. The molecule has 1 unspecified atom stereocenters. The second-order valence-corrected chi connectivity index (χ2v) is 4.94. The van der Waals surface area contributed by atoms with Gasteiger partial charge in [-0.05, 0) is 19.1 Å². The summed E-state index contributed by atoms with van der Waals surface area (Å²) in [4.78, 5) is 17.4. The summed E-state index contributed by atoms with van der Waals surface area (Å²) in [5, 5.41) is 19.3. The van der Waals surface area contributed by atoms with Gasteiger partial charge in [-0.2, -0.15) is 5.26 Å². The normalized spacial score (nSPS) is 11.9. The Bertz CT molecular complexity index is 706. The maximum atomic E-state index is 11.0. The lowest BCUT2D eigenvalue weighted by Gasteiger charge is -2.25. The van der Waals surface area contributed by atoms with Gasteiger partial charge in [-0.15, -0.1) is 0 Å². The van der Waals surface area contributed by atoms with Crippen LogP contribution in [0.5, 0.6) is 0 Å². The molecule has 0 aliphatic rings. The molecule has 108 valence electrons. The van der Waals surface area contributed by atoms with Gasteiger partial charge in [-0.1, -0.05) is 25.1 Å². The van der Waals surface area contributed by atoms with Crippen molar-refractivity contribution in [2.45, 2.75) is 13.8 Å². The van der Waals surface area contributed by atoms with Crippen LogP contribution in [-0.2, 0) is 4.79 Å². The molecule has 0 fully saturated rings. The second kappa shape index (κ2) is 6.23. The number of carboxylic acid groups (broad SMARTS) is 1. The Balaban J connectivity index is 2.47. The van der Waals surface area contributed by atoms with E-state index < -0.39 is 11.9 Å². The van der Waals surface area contributed by atoms with Crippen molar-refractivity contribution in [3.8, 4) is 6.07 Å². The van der Waals surface area contributed by atoms with Crippen LogP contribution in [0.2, 0.25) is 0 Å². The minimum absolute atomic E-state index is 0.325. The number of pyridine rings is 1. The summed E-state index contributed by atoms with van der Waals surface area (Å²) in [5.41, 5.74) is 1.26. The average Bonchev–Trinajstić information content (AvgIpc) is 2.50. The lowest BCUT2D eigenvalue weighted by molar-refractivity contribution is -0.140. The summed E-state index contributed by atoms with van der Waals surface area (Å²) in [6, 6.07) is 11.5. The van der Waals surface area contributed by atoms with Gasteiger partial charge < -0.3 is 10.0 Å². The van der Waals surface area contributed by atoms with Crippen LogP contribution < -0.4 is 4.90 Å². The molecule has 2 aromatic rings. The smallest absolute Gasteiger partial charge is 0.308 e. The largest absolute Gasteiger partial charge is 0.481 e. The highest BCUT2D eigenvalue weighted by molar-refractivity contribution is 5.83. The highest BCUT2D eigenvalue weighted by Gasteiger charge is 2.19. The van der Waals surface area contributed by atoms with E-state index in [0.717, 1.165) is 10.9 Å². The van der Waals surface area contributed by atoms with Gasteiger partial charge >= 0.3 is 5.97 Å². The highest BCUT2D eigenvalue weighted by atomic mass is 16.4. The van der Waals surface area contributed by atoms with Crippen LogP contribution >= 0.6 is 0 Å². The van der Waals surface area contributed by atoms with Gasteiger partial charge in [0.2, 0.25) is 0 Å². The topological polar surface area (TPSA) is 77.2 Å². The van der Waals surface area contributed by atoms with E-state index in [9.17, 15) is 10.1 Å². The number of aromatic nitrogens is 1. The second-order valence-electron chi connectivity index (χ2n) is 4.94. The van der Waals surface area contributed by atoms with E-state index in [4.69, 9.17) is 5.11 Å². The number of carboxylic acids is 1. The fraction of sp³-hybridized carbons (Fsp3) is 0.312. The number of rotatable bonds is 5. The van der Waals surface area contributed by atoms with Crippen LogP contribution in [0.1, 0.15) is 19.4 Å². The third-order valence-corrected chi connectivity index (χ3v) is 3.42. The third kappa shape index (κ3) is 3.11. The molecule has 0 amide bonds. The van der Waals surface area contributed by atoms with Gasteiger partial charge in [-0.3, -0.25) is 4.79 Å². The molecule has 1 aromatic heterocycles. The Morgan fingerprint density at radius 3 is 2.81 bits per heavy atom. The molecule has 1 atom stereocenters. The number of anilines is 1. The van der Waals surface area contributed by atoms with Gasteiger partial charge in [0.1, 0.15) is 11.9 Å². The molecule has 5 heteroatoms. The highest BCUT2D eigenvalue weighted by Crippen LogP contribution is 2.23. The first-order valence-corrected chi connectivity index (χ1v) is 6.84. The first kappa shape index (κ1) is 14.8. The molecule has 0 saturated heterocycles. The Morgan fingerprint density at radius 1 is 1.48 bits per heavy atom. The fourth-order valence-electron chi connectivity index (χ4n) is 2.20. The molecule has 0 spiro atoms. The molecule has 0 bridgehead atoms. The van der Waals surface area contributed by atoms with E-state index in [1.54, 1.807) is 13.0 Å². The summed E-state index contributed by atoms with van der Waals surface area (Å²) < 4.78 is 0. The van der Waals surface area contributed by atoms with Crippen LogP contribution in [-0.4, -0.2) is 29.1 Å². The number of para-hydroxylation sites is 1. The van der Waals surface area contributed by atoms with E-state index in [2.05, 4.69) is 11.1 Å². The Kier molecular flexibility index (Phi) is 4.39. The van der Waals surface area contributed by atoms with Crippen molar-refractivity contribution in [1.29, 1.82) is 5.26 Å². The standard InChI is InChI=1S/C16H17N3O2/c1-3-19(10-11(2)16(20)21)15-13(9-17)8-12-6-4-5-7-14(12)18-15/h4-8,11H,3,10H2,1-2H3,(H,20,21). The number of nitrogens with zero attached hydrogens (tertiary/aromatic N) is 3. The molecule has 2 rings (SSSR count). The van der Waals surface area contributed by atoms with Gasteiger partial charge in [0, 0.05) is 18.5 Å². The fourth-order valence-corrected chi connectivity index (χ4v) is 2.20. The molecule has 1 aromatic carbocycles. The number of fused-ring (bicyclic) bond motifs is 1. The first-order chi connectivity index (χ1) is 10.1. The van der Waals surface area contributed by atoms with Crippen molar-refractivity contribution in [3.05, 3.63) is 35.9 Å². The monoisotopic (exact) mass is 283 g/mol. The number of hydrogen-bond donors (Lipinski definition) is 1. The lowest BCUT2D eigenvalue weighted by Crippen LogP contribution is -2.32. The maximum absolute atomic E-state index is 11.0. The number of nitriles is 1. The van der Waals surface area contributed by atoms with Crippen molar-refractivity contribution in [3.63, 3.8) is 0 Å². The van der Waals surface area contributed by atoms with E-state index in [0.29, 0.717) is 24.5 Å². The van der Waals surface area contributed by atoms with Crippen LogP contribution in [0.4, 0.5) is 5.82 Å². The Morgan fingerprint density at radius 2 is 2.19 bits per heavy atom. The van der Waals surface area contributed by atoms with Gasteiger partial charge in [0.25, 0.3) is 0 Å². The number of carbonyl (C=O) groups is 1. The quantitative estimate of drug-likeness (QED) is 0.912. The third-order valence-electron chi connectivity index (χ3n) is 3.42. The zero-order chi connectivity index (χ0) is 15.4. The zero-order valence-corrected chi connectivity index (χ0v) is 12.1. The van der Waals surface area contributed by atoms with Crippen molar-refractivity contribution < 1.29 is 9.90 Å². The molecular weight excluding hydrogens is 266 g/mol. The minimum atomic E-state index is -0.854. The minimum Gasteiger partial charge on any atom is -0.481 e. The summed E-state index contributed by atoms with van der Waals surface area (Å²) in [5.74, 6) is -0.829. The van der Waals surface area contributed by atoms with Gasteiger partial charge in [-0.25, -0.2) is 4.98 Å². The van der Waals surface area contributed by atoms with E-state index in [1.165, 1.54) is 0 Å². The summed E-state index contributed by atoms with van der Waals surface area (Å²) in [6.45, 7) is 4.49. The molecule has 0 aliphatic carbocycles. The maximum Gasteiger partial charge on any atom is 0.308 e. The van der Waals surface area contributed by atoms with E-state index >= 15 is 0 Å². The number of aliphatic carboxylic acids is 1. The Labute approximate surface area is 123 Å². The average molecular weight is 283 g/mol. The first-order valence-electron chi connectivity index (χ1n) is 6.84. The van der Waals surface area contributed by atoms with Crippen LogP contribution in [0.3, 0.4) is 0 Å². The summed E-state index contributed by atoms with van der Waals surface area (Å²) >= 11 is 0. The van der Waals surface area contributed by atoms with Crippen molar-refractivity contribution in [2.75, 3.05) is 18.0 Å². The molecular formula is C16H17N3O2. The lowest BCUT2D eigenvalue weighted by atomic mass is 10.1. The predicted octanol–water partition coefficient (Wildman–Crippen LogP) is 2.65. The number of benzene rings is 1. The molecule has 21 heavy (non-hydrogen) atoms. The van der Waals surface area contributed by atoms with Crippen LogP contribution in [0.15, 0.2) is 30.3 Å². The van der Waals surface area contributed by atoms with Gasteiger partial charge in [0.05, 0.1) is 17.0 Å². The molecule has 1 N–H and O–H groups in total. The molecule has 0 saturated carbocycles. The Hall–Kier alpha value is -2.61. The predicted molar refractivity (Wildman–Crippen MR) is 81.1 cm³/mol. The van der Waals surface area contributed by atoms with Crippen molar-refractivity contribution >= 4 is 22.7 Å². The van der Waals surface area contributed by atoms with Crippen LogP contribution in [0, 0.1) is 17.2 Å². The number of hydrogen-bond acceptors (Lipinski definition) is 4. The van der Waals surface area contributed by atoms with E-state index in [1.807, 2.05) is 36.1 Å². The summed E-state index contributed by atoms with van der Waals surface area (Å²) in [6.07, 6.45) is 0. The SMILES string of the molecule is CCN(CC(C)C(=O)O)c1nc2ccccc2cc1C#N.